The fraction of sp³-hybridized carbons (Fsp3) is 0.350. The molecule has 32 heavy (non-hydrogen) atoms. The lowest BCUT2D eigenvalue weighted by atomic mass is 10.1. The van der Waals surface area contributed by atoms with Crippen molar-refractivity contribution in [2.24, 2.45) is 0 Å². The van der Waals surface area contributed by atoms with E-state index < -0.39 is 15.9 Å². The molecule has 0 spiro atoms. The van der Waals surface area contributed by atoms with Crippen molar-refractivity contribution in [3.63, 3.8) is 0 Å². The number of amides is 1. The number of hydrogen-bond acceptors (Lipinski definition) is 8. The van der Waals surface area contributed by atoms with Gasteiger partial charge in [-0.15, -0.1) is 0 Å². The highest BCUT2D eigenvalue weighted by Gasteiger charge is 2.29. The number of methoxy groups -OCH3 is 1. The number of nitrogens with zero attached hydrogens (tertiary/aromatic N) is 4. The zero-order valence-corrected chi connectivity index (χ0v) is 18.2. The van der Waals surface area contributed by atoms with Gasteiger partial charge < -0.3 is 15.0 Å². The van der Waals surface area contributed by atoms with Gasteiger partial charge in [0, 0.05) is 37.3 Å². The van der Waals surface area contributed by atoms with E-state index in [4.69, 9.17) is 16.3 Å². The van der Waals surface area contributed by atoms with Gasteiger partial charge in [-0.3, -0.25) is 29.9 Å². The molecule has 0 saturated carbocycles. The van der Waals surface area contributed by atoms with Gasteiger partial charge in [-0.25, -0.2) is 0 Å². The van der Waals surface area contributed by atoms with Crippen molar-refractivity contribution in [1.82, 2.24) is 4.90 Å². The average Bonchev–Trinajstić information content (AvgIpc) is 2.78. The molecule has 1 aliphatic heterocycles. The Balaban J connectivity index is 1.66. The standard InChI is InChI=1S/C20H22ClN5O6/c1-13(20(27)22-16-5-4-15(32-2)12-18(16)25(28)29)23-7-9-24(10-8-23)17-6-3-14(21)11-19(17)26(30)31/h3-6,11-13H,7-10H2,1-2H3,(H,22,27). The van der Waals surface area contributed by atoms with Crippen molar-refractivity contribution < 1.29 is 19.4 Å². The molecule has 0 bridgehead atoms. The van der Waals surface area contributed by atoms with Crippen molar-refractivity contribution in [3.05, 3.63) is 61.6 Å². The molecule has 1 unspecified atom stereocenters. The van der Waals surface area contributed by atoms with Gasteiger partial charge in [0.2, 0.25) is 5.91 Å². The number of nitro groups is 2. The highest BCUT2D eigenvalue weighted by Crippen LogP contribution is 2.32. The van der Waals surface area contributed by atoms with E-state index in [0.717, 1.165) is 0 Å². The molecular weight excluding hydrogens is 442 g/mol. The van der Waals surface area contributed by atoms with Crippen molar-refractivity contribution in [1.29, 1.82) is 0 Å². The Kier molecular flexibility index (Phi) is 7.11. The minimum absolute atomic E-state index is 0.0662. The summed E-state index contributed by atoms with van der Waals surface area (Å²) in [6.07, 6.45) is 0. The summed E-state index contributed by atoms with van der Waals surface area (Å²) in [7, 11) is 1.40. The highest BCUT2D eigenvalue weighted by atomic mass is 35.5. The van der Waals surface area contributed by atoms with Crippen molar-refractivity contribution in [3.8, 4) is 5.75 Å². The Labute approximate surface area is 188 Å². The summed E-state index contributed by atoms with van der Waals surface area (Å²) in [4.78, 5) is 38.2. The number of benzene rings is 2. The fourth-order valence-corrected chi connectivity index (χ4v) is 3.72. The third-order valence-electron chi connectivity index (χ3n) is 5.38. The van der Waals surface area contributed by atoms with Crippen LogP contribution in [0.2, 0.25) is 5.02 Å². The molecule has 0 aliphatic carbocycles. The number of anilines is 2. The van der Waals surface area contributed by atoms with E-state index >= 15 is 0 Å². The maximum Gasteiger partial charge on any atom is 0.296 e. The second-order valence-electron chi connectivity index (χ2n) is 7.22. The van der Waals surface area contributed by atoms with Gasteiger partial charge in [0.25, 0.3) is 11.4 Å². The number of nitrogens with one attached hydrogen (secondary N) is 1. The summed E-state index contributed by atoms with van der Waals surface area (Å²) in [5, 5.41) is 25.6. The van der Waals surface area contributed by atoms with Gasteiger partial charge in [0.1, 0.15) is 17.1 Å². The summed E-state index contributed by atoms with van der Waals surface area (Å²) >= 11 is 5.89. The number of piperazine rings is 1. The number of carbonyl (C=O) groups is 1. The summed E-state index contributed by atoms with van der Waals surface area (Å²) in [6, 6.07) is 8.20. The van der Waals surface area contributed by atoms with Crippen LogP contribution in [0.25, 0.3) is 0 Å². The van der Waals surface area contributed by atoms with E-state index in [1.165, 1.54) is 31.4 Å². The normalized spacial score (nSPS) is 15.2. The van der Waals surface area contributed by atoms with Gasteiger partial charge >= 0.3 is 0 Å². The van der Waals surface area contributed by atoms with E-state index in [1.54, 1.807) is 19.1 Å². The molecule has 1 N–H and O–H groups in total. The van der Waals surface area contributed by atoms with E-state index in [1.807, 2.05) is 9.80 Å². The van der Waals surface area contributed by atoms with Gasteiger partial charge in [-0.2, -0.15) is 0 Å². The van der Waals surface area contributed by atoms with E-state index in [0.29, 0.717) is 37.6 Å². The molecule has 12 heteroatoms. The molecular formula is C20H22ClN5O6. The minimum Gasteiger partial charge on any atom is -0.496 e. The summed E-state index contributed by atoms with van der Waals surface area (Å²) in [5.74, 6) is -0.0700. The minimum atomic E-state index is -0.583. The predicted octanol–water partition coefficient (Wildman–Crippen LogP) is 3.31. The first-order valence-electron chi connectivity index (χ1n) is 9.77. The Hall–Kier alpha value is -3.44. The molecule has 0 radical (unpaired) electrons. The first-order chi connectivity index (χ1) is 15.2. The number of halogens is 1. The number of carbonyl (C=O) groups excluding carboxylic acids is 1. The number of rotatable bonds is 7. The maximum absolute atomic E-state index is 12.7. The molecule has 1 aliphatic rings. The molecule has 0 aromatic heterocycles. The number of nitro benzene ring substituents is 2. The molecule has 1 amide bonds. The van der Waals surface area contributed by atoms with Crippen LogP contribution in [0.5, 0.6) is 5.75 Å². The fourth-order valence-electron chi connectivity index (χ4n) is 3.56. The molecule has 170 valence electrons. The van der Waals surface area contributed by atoms with Crippen molar-refractivity contribution in [2.45, 2.75) is 13.0 Å². The molecule has 1 saturated heterocycles. The van der Waals surface area contributed by atoms with E-state index in [2.05, 4.69) is 5.32 Å². The van der Waals surface area contributed by atoms with Gasteiger partial charge in [0.15, 0.2) is 0 Å². The largest absolute Gasteiger partial charge is 0.496 e. The van der Waals surface area contributed by atoms with Gasteiger partial charge in [0.05, 0.1) is 29.1 Å². The topological polar surface area (TPSA) is 131 Å². The van der Waals surface area contributed by atoms with Crippen LogP contribution in [0.3, 0.4) is 0 Å². The smallest absolute Gasteiger partial charge is 0.296 e. The quantitative estimate of drug-likeness (QED) is 0.488. The lowest BCUT2D eigenvalue weighted by Crippen LogP contribution is -2.53. The molecule has 3 rings (SSSR count). The van der Waals surface area contributed by atoms with Crippen LogP contribution < -0.4 is 15.0 Å². The van der Waals surface area contributed by atoms with Crippen LogP contribution in [0.1, 0.15) is 6.92 Å². The second kappa shape index (κ2) is 9.79. The van der Waals surface area contributed by atoms with Gasteiger partial charge in [-0.05, 0) is 31.2 Å². The van der Waals surface area contributed by atoms with Crippen molar-refractivity contribution >= 4 is 40.3 Å². The second-order valence-corrected chi connectivity index (χ2v) is 7.66. The number of ether oxygens (including phenoxy) is 1. The summed E-state index contributed by atoms with van der Waals surface area (Å²) < 4.78 is 5.00. The van der Waals surface area contributed by atoms with Crippen LogP contribution in [0.15, 0.2) is 36.4 Å². The Bertz CT molecular complexity index is 1040. The van der Waals surface area contributed by atoms with E-state index in [9.17, 15) is 25.0 Å². The molecule has 2 aromatic rings. The zero-order valence-electron chi connectivity index (χ0n) is 17.5. The maximum atomic E-state index is 12.7. The van der Waals surface area contributed by atoms with Crippen molar-refractivity contribution in [2.75, 3.05) is 43.5 Å². The van der Waals surface area contributed by atoms with Crippen LogP contribution in [0.4, 0.5) is 22.7 Å². The van der Waals surface area contributed by atoms with Gasteiger partial charge in [-0.1, -0.05) is 11.6 Å². The first-order valence-corrected chi connectivity index (χ1v) is 10.1. The molecule has 1 heterocycles. The molecule has 1 fully saturated rings. The monoisotopic (exact) mass is 463 g/mol. The van der Waals surface area contributed by atoms with Crippen LogP contribution >= 0.6 is 11.6 Å². The Morgan fingerprint density at radius 2 is 1.72 bits per heavy atom. The van der Waals surface area contributed by atoms with E-state index in [-0.39, 0.29) is 28.0 Å². The highest BCUT2D eigenvalue weighted by molar-refractivity contribution is 6.30. The third kappa shape index (κ3) is 5.06. The molecule has 11 nitrogen and oxygen atoms in total. The summed E-state index contributed by atoms with van der Waals surface area (Å²) in [5.41, 5.74) is 0.237. The average molecular weight is 464 g/mol. The Morgan fingerprint density at radius 3 is 2.31 bits per heavy atom. The van der Waals surface area contributed by atoms with Crippen LogP contribution in [-0.2, 0) is 4.79 Å². The summed E-state index contributed by atoms with van der Waals surface area (Å²) in [6.45, 7) is 3.63. The molecule has 2 aromatic carbocycles. The number of hydrogen-bond donors (Lipinski definition) is 1. The third-order valence-corrected chi connectivity index (χ3v) is 5.61. The first kappa shape index (κ1) is 23.2. The van der Waals surface area contributed by atoms with Crippen LogP contribution in [-0.4, -0.2) is 60.0 Å². The zero-order chi connectivity index (χ0) is 23.4. The molecule has 1 atom stereocenters. The lowest BCUT2D eigenvalue weighted by Gasteiger charge is -2.38. The van der Waals surface area contributed by atoms with Crippen LogP contribution in [0, 0.1) is 20.2 Å². The SMILES string of the molecule is COc1ccc(NC(=O)C(C)N2CCN(c3ccc(Cl)cc3[N+](=O)[O-])CC2)c([N+](=O)[O-])c1. The lowest BCUT2D eigenvalue weighted by molar-refractivity contribution is -0.384. The Morgan fingerprint density at radius 1 is 1.06 bits per heavy atom. The predicted molar refractivity (Wildman–Crippen MR) is 120 cm³/mol.